The fourth-order valence-corrected chi connectivity index (χ4v) is 6.83. The third kappa shape index (κ3) is 4.62. The van der Waals surface area contributed by atoms with Crippen LogP contribution in [0.4, 0.5) is 0 Å². The molecule has 1 aliphatic heterocycles. The quantitative estimate of drug-likeness (QED) is 0.660. The van der Waals surface area contributed by atoms with Crippen LogP contribution in [0.2, 0.25) is 24.2 Å². The highest BCUT2D eigenvalue weighted by Crippen LogP contribution is 2.38. The molecule has 0 bridgehead atoms. The number of rotatable bonds is 7. The highest BCUT2D eigenvalue weighted by molar-refractivity contribution is 6.77. The Kier molecular flexibility index (Phi) is 7.26. The number of piperazine rings is 1. The van der Waals surface area contributed by atoms with Crippen LogP contribution >= 0.6 is 0 Å². The molecule has 1 fully saturated rings. The molecule has 5 nitrogen and oxygen atoms in total. The van der Waals surface area contributed by atoms with Gasteiger partial charge in [-0.2, -0.15) is 0 Å². The van der Waals surface area contributed by atoms with Gasteiger partial charge in [-0.15, -0.1) is 0 Å². The standard InChI is InChI=1S/C15H36N2O3Si2/c1-15(2,3)21(7,8)17-11-9-16(10-12-17)13-14-22(18-4,19-5)20-6/h9-14H2,1-8H3. The van der Waals surface area contributed by atoms with Gasteiger partial charge in [0.1, 0.15) is 8.24 Å². The van der Waals surface area contributed by atoms with Gasteiger partial charge in [0.25, 0.3) is 0 Å². The lowest BCUT2D eigenvalue weighted by Gasteiger charge is -2.49. The van der Waals surface area contributed by atoms with E-state index in [4.69, 9.17) is 13.3 Å². The lowest BCUT2D eigenvalue weighted by Crippen LogP contribution is -2.61. The monoisotopic (exact) mass is 348 g/mol. The third-order valence-electron chi connectivity index (χ3n) is 5.67. The second kappa shape index (κ2) is 7.87. The van der Waals surface area contributed by atoms with Gasteiger partial charge in [-0.25, -0.2) is 0 Å². The van der Waals surface area contributed by atoms with Crippen molar-refractivity contribution in [3.63, 3.8) is 0 Å². The number of hydrogen-bond donors (Lipinski definition) is 0. The molecule has 1 heterocycles. The van der Waals surface area contributed by atoms with E-state index in [2.05, 4.69) is 43.3 Å². The summed E-state index contributed by atoms with van der Waals surface area (Å²) >= 11 is 0. The normalized spacial score (nSPS) is 19.6. The minimum atomic E-state index is -2.43. The van der Waals surface area contributed by atoms with Crippen LogP contribution in [0.5, 0.6) is 0 Å². The van der Waals surface area contributed by atoms with E-state index in [0.29, 0.717) is 5.04 Å². The second-order valence-electron chi connectivity index (χ2n) is 7.68. The van der Waals surface area contributed by atoms with Gasteiger partial charge in [-0.05, 0) is 5.04 Å². The van der Waals surface area contributed by atoms with Gasteiger partial charge in [0.2, 0.25) is 0 Å². The molecule has 0 spiro atoms. The van der Waals surface area contributed by atoms with Crippen LogP contribution < -0.4 is 0 Å². The largest absolute Gasteiger partial charge is 0.501 e. The Bertz CT molecular complexity index is 328. The van der Waals surface area contributed by atoms with Crippen molar-refractivity contribution in [1.82, 2.24) is 9.47 Å². The summed E-state index contributed by atoms with van der Waals surface area (Å²) in [6.07, 6.45) is 0. The summed E-state index contributed by atoms with van der Waals surface area (Å²) in [5.41, 5.74) is 0. The molecule has 22 heavy (non-hydrogen) atoms. The average molecular weight is 349 g/mol. The van der Waals surface area contributed by atoms with Gasteiger partial charge in [-0.3, -0.25) is 0 Å². The Balaban J connectivity index is 2.50. The molecule has 1 rings (SSSR count). The first-order chi connectivity index (χ1) is 10.1. The van der Waals surface area contributed by atoms with E-state index in [9.17, 15) is 0 Å². The first-order valence-corrected chi connectivity index (χ1v) is 13.1. The summed E-state index contributed by atoms with van der Waals surface area (Å²) in [4.78, 5) is 2.52. The fraction of sp³-hybridized carbons (Fsp3) is 1.00. The molecule has 1 saturated heterocycles. The molecule has 0 radical (unpaired) electrons. The molecule has 1 aliphatic rings. The fourth-order valence-electron chi connectivity index (χ4n) is 2.86. The molecule has 0 atom stereocenters. The van der Waals surface area contributed by atoms with E-state index < -0.39 is 17.0 Å². The van der Waals surface area contributed by atoms with Gasteiger partial charge >= 0.3 is 8.80 Å². The van der Waals surface area contributed by atoms with Crippen LogP contribution in [0.3, 0.4) is 0 Å². The van der Waals surface area contributed by atoms with Crippen molar-refractivity contribution in [3.05, 3.63) is 0 Å². The molecule has 7 heteroatoms. The molecule has 0 saturated carbocycles. The summed E-state index contributed by atoms with van der Waals surface area (Å²) in [7, 11) is 1.26. The summed E-state index contributed by atoms with van der Waals surface area (Å²) in [6.45, 7) is 17.8. The SMILES string of the molecule is CO[Si](CCN1CCN([Si](C)(C)C(C)(C)C)CC1)(OC)OC. The van der Waals surface area contributed by atoms with Crippen LogP contribution in [0, 0.1) is 0 Å². The van der Waals surface area contributed by atoms with Crippen molar-refractivity contribution in [1.29, 1.82) is 0 Å². The predicted octanol–water partition coefficient (Wildman–Crippen LogP) is 2.49. The van der Waals surface area contributed by atoms with Crippen molar-refractivity contribution in [2.24, 2.45) is 0 Å². The number of nitrogens with zero attached hydrogens (tertiary/aromatic N) is 2. The Labute approximate surface area is 139 Å². The zero-order valence-electron chi connectivity index (χ0n) is 15.9. The average Bonchev–Trinajstić information content (AvgIpc) is 2.48. The maximum absolute atomic E-state index is 5.51. The Morgan fingerprint density at radius 3 is 1.68 bits per heavy atom. The maximum Gasteiger partial charge on any atom is 0.501 e. The number of hydrogen-bond acceptors (Lipinski definition) is 5. The van der Waals surface area contributed by atoms with Crippen molar-refractivity contribution in [2.75, 3.05) is 54.1 Å². The third-order valence-corrected chi connectivity index (χ3v) is 14.1. The Morgan fingerprint density at radius 2 is 1.32 bits per heavy atom. The maximum atomic E-state index is 5.51. The van der Waals surface area contributed by atoms with Gasteiger partial charge in [0.05, 0.1) is 0 Å². The van der Waals surface area contributed by atoms with Crippen LogP contribution in [-0.2, 0) is 13.3 Å². The van der Waals surface area contributed by atoms with Crippen molar-refractivity contribution in [3.8, 4) is 0 Å². The van der Waals surface area contributed by atoms with E-state index in [1.807, 2.05) is 0 Å². The molecule has 0 aromatic carbocycles. The highest BCUT2D eigenvalue weighted by atomic mass is 28.4. The molecule has 132 valence electrons. The smallest absolute Gasteiger partial charge is 0.377 e. The lowest BCUT2D eigenvalue weighted by atomic mass is 10.2. The molecular weight excluding hydrogens is 312 g/mol. The first-order valence-electron chi connectivity index (χ1n) is 8.25. The second-order valence-corrected chi connectivity index (χ2v) is 16.0. The highest BCUT2D eigenvalue weighted by Gasteiger charge is 2.42. The van der Waals surface area contributed by atoms with E-state index in [1.54, 1.807) is 21.3 Å². The predicted molar refractivity (Wildman–Crippen MR) is 96.8 cm³/mol. The van der Waals surface area contributed by atoms with Gasteiger partial charge < -0.3 is 22.7 Å². The summed E-state index contributed by atoms with van der Waals surface area (Å²) < 4.78 is 19.3. The zero-order chi connectivity index (χ0) is 17.0. The summed E-state index contributed by atoms with van der Waals surface area (Å²) in [6, 6.07) is 0.858. The van der Waals surface area contributed by atoms with Crippen LogP contribution in [0.1, 0.15) is 20.8 Å². The van der Waals surface area contributed by atoms with Crippen molar-refractivity contribution >= 4 is 17.0 Å². The zero-order valence-corrected chi connectivity index (χ0v) is 17.9. The first kappa shape index (κ1) is 20.3. The van der Waals surface area contributed by atoms with Crippen LogP contribution in [0.15, 0.2) is 0 Å². The summed E-state index contributed by atoms with van der Waals surface area (Å²) in [5, 5.41) is 0.416. The molecule has 0 unspecified atom stereocenters. The summed E-state index contributed by atoms with van der Waals surface area (Å²) in [5.74, 6) is 0. The van der Waals surface area contributed by atoms with Crippen LogP contribution in [0.25, 0.3) is 0 Å². The molecular formula is C15H36N2O3Si2. The lowest BCUT2D eigenvalue weighted by molar-refractivity contribution is 0.113. The van der Waals surface area contributed by atoms with E-state index >= 15 is 0 Å². The van der Waals surface area contributed by atoms with Crippen molar-refractivity contribution in [2.45, 2.75) is 44.9 Å². The minimum Gasteiger partial charge on any atom is -0.377 e. The molecule has 0 amide bonds. The van der Waals surface area contributed by atoms with Gasteiger partial charge in [-0.1, -0.05) is 33.9 Å². The molecule has 0 aromatic rings. The minimum absolute atomic E-state index is 0.416. The Hall–Kier alpha value is 0.234. The molecule has 0 aliphatic carbocycles. The van der Waals surface area contributed by atoms with Crippen molar-refractivity contribution < 1.29 is 13.3 Å². The molecule has 0 N–H and O–H groups in total. The topological polar surface area (TPSA) is 34.2 Å². The Morgan fingerprint density at radius 1 is 0.864 bits per heavy atom. The van der Waals surface area contributed by atoms with Gasteiger partial charge in [0, 0.05) is 60.1 Å². The van der Waals surface area contributed by atoms with Gasteiger partial charge in [0.15, 0.2) is 0 Å². The molecule has 0 aromatic heterocycles. The van der Waals surface area contributed by atoms with E-state index in [0.717, 1.165) is 25.7 Å². The van der Waals surface area contributed by atoms with E-state index in [1.165, 1.54) is 13.1 Å². The van der Waals surface area contributed by atoms with Crippen LogP contribution in [-0.4, -0.2) is 80.6 Å². The van der Waals surface area contributed by atoms with E-state index in [-0.39, 0.29) is 0 Å².